The van der Waals surface area contributed by atoms with Crippen molar-refractivity contribution in [1.82, 2.24) is 30.1 Å². The minimum Gasteiger partial charge on any atom is -0.349 e. The molecule has 0 spiro atoms. The highest BCUT2D eigenvalue weighted by atomic mass is 16.2. The van der Waals surface area contributed by atoms with Crippen LogP contribution < -0.4 is 5.32 Å². The molecule has 2 aliphatic rings. The maximum atomic E-state index is 12.8. The van der Waals surface area contributed by atoms with Crippen LogP contribution in [0.1, 0.15) is 48.2 Å². The topological polar surface area (TPSA) is 66.3 Å². The van der Waals surface area contributed by atoms with Gasteiger partial charge in [-0.25, -0.2) is 0 Å². The maximum Gasteiger partial charge on any atom is 0.273 e. The summed E-state index contributed by atoms with van der Waals surface area (Å²) in [6.45, 7) is 5.79. The number of carbonyl (C=O) groups is 1. The predicted molar refractivity (Wildman–Crippen MR) is 117 cm³/mol. The highest BCUT2D eigenvalue weighted by Crippen LogP contribution is 2.34. The average Bonchev–Trinajstić information content (AvgIpc) is 3.27. The van der Waals surface area contributed by atoms with Gasteiger partial charge in [0, 0.05) is 44.8 Å². The molecule has 2 heterocycles. The molecule has 1 saturated carbocycles. The van der Waals surface area contributed by atoms with Gasteiger partial charge in [0.2, 0.25) is 0 Å². The third kappa shape index (κ3) is 5.08. The summed E-state index contributed by atoms with van der Waals surface area (Å²) in [5, 5.41) is 11.5. The van der Waals surface area contributed by atoms with E-state index in [0.29, 0.717) is 12.2 Å². The van der Waals surface area contributed by atoms with Gasteiger partial charge in [-0.2, -0.15) is 0 Å². The van der Waals surface area contributed by atoms with Crippen molar-refractivity contribution in [3.63, 3.8) is 0 Å². The lowest BCUT2D eigenvalue weighted by Gasteiger charge is -2.49. The molecule has 0 radical (unpaired) electrons. The van der Waals surface area contributed by atoms with Crippen LogP contribution in [0.3, 0.4) is 0 Å². The Morgan fingerprint density at radius 2 is 1.80 bits per heavy atom. The van der Waals surface area contributed by atoms with Gasteiger partial charge in [-0.05, 0) is 31.9 Å². The van der Waals surface area contributed by atoms with E-state index in [1.807, 2.05) is 18.2 Å². The maximum absolute atomic E-state index is 12.8. The van der Waals surface area contributed by atoms with Crippen LogP contribution in [0.4, 0.5) is 0 Å². The second kappa shape index (κ2) is 9.71. The normalized spacial score (nSPS) is 20.2. The van der Waals surface area contributed by atoms with Crippen molar-refractivity contribution in [3.8, 4) is 0 Å². The molecule has 2 fully saturated rings. The molecule has 1 saturated heterocycles. The number of likely N-dealkylation sites (N-methyl/N-ethyl adjacent to an activating group) is 1. The van der Waals surface area contributed by atoms with Gasteiger partial charge in [0.25, 0.3) is 5.91 Å². The van der Waals surface area contributed by atoms with E-state index in [-0.39, 0.29) is 11.4 Å². The molecule has 1 aromatic heterocycles. The SMILES string of the molecule is CN1CCN(C2(CNC(=O)c3cn(CCc4ccccc4)nn3)CCCCC2)CC1. The van der Waals surface area contributed by atoms with Gasteiger partial charge in [0.15, 0.2) is 5.69 Å². The van der Waals surface area contributed by atoms with E-state index in [4.69, 9.17) is 0 Å². The number of carbonyl (C=O) groups excluding carboxylic acids is 1. The van der Waals surface area contributed by atoms with E-state index in [1.54, 1.807) is 10.9 Å². The minimum absolute atomic E-state index is 0.0957. The van der Waals surface area contributed by atoms with Crippen LogP contribution in [-0.2, 0) is 13.0 Å². The Hall–Kier alpha value is -2.25. The fourth-order valence-corrected chi connectivity index (χ4v) is 4.83. The van der Waals surface area contributed by atoms with E-state index >= 15 is 0 Å². The fraction of sp³-hybridized carbons (Fsp3) is 0.609. The molecule has 4 rings (SSSR count). The molecular formula is C23H34N6O. The molecule has 0 unspecified atom stereocenters. The average molecular weight is 411 g/mol. The van der Waals surface area contributed by atoms with Crippen molar-refractivity contribution in [1.29, 1.82) is 0 Å². The number of hydrogen-bond donors (Lipinski definition) is 1. The first kappa shape index (κ1) is 21.0. The van der Waals surface area contributed by atoms with Crippen molar-refractivity contribution >= 4 is 5.91 Å². The number of nitrogens with zero attached hydrogens (tertiary/aromatic N) is 5. The molecule has 7 nitrogen and oxygen atoms in total. The summed E-state index contributed by atoms with van der Waals surface area (Å²) in [7, 11) is 2.19. The van der Waals surface area contributed by atoms with Crippen molar-refractivity contribution in [2.75, 3.05) is 39.8 Å². The molecule has 0 bridgehead atoms. The Morgan fingerprint density at radius 1 is 1.07 bits per heavy atom. The van der Waals surface area contributed by atoms with E-state index in [0.717, 1.165) is 39.1 Å². The summed E-state index contributed by atoms with van der Waals surface area (Å²) in [6.07, 6.45) is 8.77. The zero-order valence-corrected chi connectivity index (χ0v) is 18.1. The van der Waals surface area contributed by atoms with Crippen LogP contribution in [0.2, 0.25) is 0 Å². The Morgan fingerprint density at radius 3 is 2.53 bits per heavy atom. The number of rotatable bonds is 7. The lowest BCUT2D eigenvalue weighted by atomic mass is 9.79. The molecule has 1 N–H and O–H groups in total. The largest absolute Gasteiger partial charge is 0.349 e. The molecule has 1 aromatic carbocycles. The summed E-state index contributed by atoms with van der Waals surface area (Å²) >= 11 is 0. The first-order valence-electron chi connectivity index (χ1n) is 11.3. The smallest absolute Gasteiger partial charge is 0.273 e. The summed E-state index contributed by atoms with van der Waals surface area (Å²) in [6, 6.07) is 10.3. The number of benzene rings is 1. The summed E-state index contributed by atoms with van der Waals surface area (Å²) < 4.78 is 1.76. The van der Waals surface area contributed by atoms with E-state index < -0.39 is 0 Å². The highest BCUT2D eigenvalue weighted by molar-refractivity contribution is 5.91. The molecule has 0 atom stereocenters. The van der Waals surface area contributed by atoms with Crippen molar-refractivity contribution in [2.24, 2.45) is 0 Å². The minimum atomic E-state index is -0.111. The van der Waals surface area contributed by atoms with E-state index in [1.165, 1.54) is 37.7 Å². The van der Waals surface area contributed by atoms with Crippen molar-refractivity contribution in [3.05, 3.63) is 47.8 Å². The zero-order valence-electron chi connectivity index (χ0n) is 18.1. The molecule has 7 heteroatoms. The van der Waals surface area contributed by atoms with Gasteiger partial charge in [0.05, 0.1) is 6.20 Å². The zero-order chi connectivity index (χ0) is 20.8. The standard InChI is InChI=1S/C23H34N6O/c1-27-14-16-28(17-15-27)23(11-6-3-7-12-23)19-24-22(30)21-18-29(26-25-21)13-10-20-8-4-2-5-9-20/h2,4-5,8-9,18H,3,6-7,10-17,19H2,1H3,(H,24,30). The summed E-state index contributed by atoms with van der Waals surface area (Å²) in [5.41, 5.74) is 1.76. The third-order valence-corrected chi connectivity index (χ3v) is 6.78. The van der Waals surface area contributed by atoms with Crippen LogP contribution in [0.25, 0.3) is 0 Å². The number of aromatic nitrogens is 3. The lowest BCUT2D eigenvalue weighted by Crippen LogP contribution is -2.61. The van der Waals surface area contributed by atoms with Crippen LogP contribution >= 0.6 is 0 Å². The Labute approximate surface area is 179 Å². The summed E-state index contributed by atoms with van der Waals surface area (Å²) in [5.74, 6) is -0.111. The molecule has 1 aliphatic heterocycles. The first-order valence-corrected chi connectivity index (χ1v) is 11.3. The van der Waals surface area contributed by atoms with Gasteiger partial charge in [0.1, 0.15) is 0 Å². The number of piperazine rings is 1. The molecular weight excluding hydrogens is 376 g/mol. The van der Waals surface area contributed by atoms with Gasteiger partial charge in [-0.3, -0.25) is 14.4 Å². The highest BCUT2D eigenvalue weighted by Gasteiger charge is 2.39. The molecule has 30 heavy (non-hydrogen) atoms. The van der Waals surface area contributed by atoms with Gasteiger partial charge in [-0.15, -0.1) is 5.10 Å². The van der Waals surface area contributed by atoms with Crippen molar-refractivity contribution in [2.45, 2.75) is 50.6 Å². The Bertz CT molecular complexity index is 806. The predicted octanol–water partition coefficient (Wildman–Crippen LogP) is 2.20. The van der Waals surface area contributed by atoms with E-state index in [9.17, 15) is 4.79 Å². The number of hydrogen-bond acceptors (Lipinski definition) is 5. The second-order valence-electron chi connectivity index (χ2n) is 8.86. The quantitative estimate of drug-likeness (QED) is 0.758. The summed E-state index contributed by atoms with van der Waals surface area (Å²) in [4.78, 5) is 17.8. The number of nitrogens with one attached hydrogen (secondary N) is 1. The van der Waals surface area contributed by atoms with Gasteiger partial charge in [-0.1, -0.05) is 54.8 Å². The first-order chi connectivity index (χ1) is 14.6. The van der Waals surface area contributed by atoms with Gasteiger partial charge >= 0.3 is 0 Å². The monoisotopic (exact) mass is 410 g/mol. The third-order valence-electron chi connectivity index (χ3n) is 6.78. The molecule has 1 amide bonds. The number of aryl methyl sites for hydroxylation is 2. The van der Waals surface area contributed by atoms with Crippen LogP contribution in [0.5, 0.6) is 0 Å². The second-order valence-corrected chi connectivity index (χ2v) is 8.86. The fourth-order valence-electron chi connectivity index (χ4n) is 4.83. The lowest BCUT2D eigenvalue weighted by molar-refractivity contribution is 0.0138. The molecule has 1 aliphatic carbocycles. The number of amides is 1. The molecule has 162 valence electrons. The van der Waals surface area contributed by atoms with Crippen molar-refractivity contribution < 1.29 is 4.79 Å². The van der Waals surface area contributed by atoms with Crippen LogP contribution in [0, 0.1) is 0 Å². The van der Waals surface area contributed by atoms with Crippen LogP contribution in [-0.4, -0.2) is 76.0 Å². The van der Waals surface area contributed by atoms with Crippen LogP contribution in [0.15, 0.2) is 36.5 Å². The van der Waals surface area contributed by atoms with E-state index in [2.05, 4.69) is 44.6 Å². The Kier molecular flexibility index (Phi) is 6.79. The van der Waals surface area contributed by atoms with Gasteiger partial charge < -0.3 is 10.2 Å². The molecule has 2 aromatic rings. The Balaban J connectivity index is 1.34.